The van der Waals surface area contributed by atoms with Crippen LogP contribution in [0.2, 0.25) is 0 Å². The highest BCUT2D eigenvalue weighted by molar-refractivity contribution is 5.98. The highest BCUT2D eigenvalue weighted by Crippen LogP contribution is 2.25. The van der Waals surface area contributed by atoms with E-state index in [1.54, 1.807) is 11.8 Å². The Labute approximate surface area is 181 Å². The molecule has 164 valence electrons. The molecule has 1 heterocycles. The summed E-state index contributed by atoms with van der Waals surface area (Å²) in [6.07, 6.45) is 1.30. The fourth-order valence-electron chi connectivity index (χ4n) is 3.87. The van der Waals surface area contributed by atoms with E-state index in [0.717, 1.165) is 17.7 Å². The zero-order valence-electron chi connectivity index (χ0n) is 18.0. The van der Waals surface area contributed by atoms with Crippen LogP contribution in [-0.4, -0.2) is 40.8 Å². The molecular formula is C23H27N3O5. The molecule has 1 saturated heterocycles. The number of hydrogen-bond acceptors (Lipinski definition) is 5. The van der Waals surface area contributed by atoms with Crippen molar-refractivity contribution in [2.75, 3.05) is 13.2 Å². The molecular weight excluding hydrogens is 398 g/mol. The van der Waals surface area contributed by atoms with Crippen LogP contribution in [0.1, 0.15) is 54.2 Å². The maximum absolute atomic E-state index is 13.0. The van der Waals surface area contributed by atoms with E-state index >= 15 is 0 Å². The minimum Gasteiger partial charge on any atom is -0.494 e. The molecule has 2 amide bonds. The van der Waals surface area contributed by atoms with E-state index in [2.05, 4.69) is 5.32 Å². The van der Waals surface area contributed by atoms with Gasteiger partial charge in [-0.25, -0.2) is 0 Å². The minimum atomic E-state index is -0.569. The monoisotopic (exact) mass is 425 g/mol. The molecule has 2 atom stereocenters. The van der Waals surface area contributed by atoms with E-state index in [9.17, 15) is 19.7 Å². The number of rotatable bonds is 7. The smallest absolute Gasteiger partial charge is 0.272 e. The topological polar surface area (TPSA) is 102 Å². The summed E-state index contributed by atoms with van der Waals surface area (Å²) in [5.74, 6) is 0.243. The standard InChI is InChI=1S/C23H27N3O5/c1-4-31-19-8-5-7-17(14-19)16(3)24-22(27)21-9-6-12-25(21)23(28)18-10-11-20(26(29)30)15(2)13-18/h5,7-8,10-11,13-14,16,21H,4,6,9,12H2,1-3H3,(H,24,27). The van der Waals surface area contributed by atoms with Crippen molar-refractivity contribution < 1.29 is 19.2 Å². The lowest BCUT2D eigenvalue weighted by atomic mass is 10.1. The summed E-state index contributed by atoms with van der Waals surface area (Å²) in [5, 5.41) is 14.0. The summed E-state index contributed by atoms with van der Waals surface area (Å²) < 4.78 is 5.52. The van der Waals surface area contributed by atoms with Gasteiger partial charge in [0.05, 0.1) is 17.6 Å². The number of carbonyl (C=O) groups excluding carboxylic acids is 2. The Kier molecular flexibility index (Phi) is 6.89. The lowest BCUT2D eigenvalue weighted by molar-refractivity contribution is -0.385. The lowest BCUT2D eigenvalue weighted by Gasteiger charge is -2.26. The molecule has 0 saturated carbocycles. The minimum absolute atomic E-state index is 0.0321. The van der Waals surface area contributed by atoms with E-state index in [4.69, 9.17) is 4.74 Å². The molecule has 1 aliphatic rings. The molecule has 0 bridgehead atoms. The molecule has 2 aromatic rings. The van der Waals surface area contributed by atoms with Gasteiger partial charge in [-0.2, -0.15) is 0 Å². The fourth-order valence-corrected chi connectivity index (χ4v) is 3.87. The number of aryl methyl sites for hydroxylation is 1. The van der Waals surface area contributed by atoms with Gasteiger partial charge in [0.15, 0.2) is 0 Å². The maximum atomic E-state index is 13.0. The van der Waals surface area contributed by atoms with Gasteiger partial charge in [-0.15, -0.1) is 0 Å². The first-order valence-electron chi connectivity index (χ1n) is 10.4. The second kappa shape index (κ2) is 9.59. The van der Waals surface area contributed by atoms with Gasteiger partial charge in [-0.1, -0.05) is 12.1 Å². The van der Waals surface area contributed by atoms with Crippen LogP contribution in [0.3, 0.4) is 0 Å². The molecule has 31 heavy (non-hydrogen) atoms. The summed E-state index contributed by atoms with van der Waals surface area (Å²) >= 11 is 0. The first-order valence-corrected chi connectivity index (χ1v) is 10.4. The van der Waals surface area contributed by atoms with Crippen LogP contribution < -0.4 is 10.1 Å². The van der Waals surface area contributed by atoms with Crippen molar-refractivity contribution in [3.05, 3.63) is 69.3 Å². The van der Waals surface area contributed by atoms with E-state index in [1.165, 1.54) is 18.2 Å². The Morgan fingerprint density at radius 3 is 2.74 bits per heavy atom. The number of carbonyl (C=O) groups is 2. The highest BCUT2D eigenvalue weighted by atomic mass is 16.6. The van der Waals surface area contributed by atoms with E-state index in [-0.39, 0.29) is 23.5 Å². The van der Waals surface area contributed by atoms with Crippen LogP contribution in [0.25, 0.3) is 0 Å². The average molecular weight is 425 g/mol. The summed E-state index contributed by atoms with van der Waals surface area (Å²) in [6.45, 7) is 6.44. The number of amides is 2. The fraction of sp³-hybridized carbons (Fsp3) is 0.391. The second-order valence-corrected chi connectivity index (χ2v) is 7.65. The van der Waals surface area contributed by atoms with Crippen LogP contribution in [0.15, 0.2) is 42.5 Å². The Hall–Kier alpha value is -3.42. The highest BCUT2D eigenvalue weighted by Gasteiger charge is 2.35. The number of ether oxygens (including phenoxy) is 1. The van der Waals surface area contributed by atoms with Crippen molar-refractivity contribution >= 4 is 17.5 Å². The number of hydrogen-bond donors (Lipinski definition) is 1. The predicted molar refractivity (Wildman–Crippen MR) is 116 cm³/mol. The third kappa shape index (κ3) is 5.02. The van der Waals surface area contributed by atoms with Gasteiger partial charge in [0, 0.05) is 23.7 Å². The zero-order chi connectivity index (χ0) is 22.5. The SMILES string of the molecule is CCOc1cccc(C(C)NC(=O)C2CCCN2C(=O)c2ccc([N+](=O)[O-])c(C)c2)c1. The molecule has 8 nitrogen and oxygen atoms in total. The number of likely N-dealkylation sites (tertiary alicyclic amines) is 1. The van der Waals surface area contributed by atoms with Gasteiger partial charge in [0.25, 0.3) is 11.6 Å². The van der Waals surface area contributed by atoms with Crippen LogP contribution >= 0.6 is 0 Å². The molecule has 1 aliphatic heterocycles. The van der Waals surface area contributed by atoms with Crippen molar-refractivity contribution in [2.24, 2.45) is 0 Å². The first-order chi connectivity index (χ1) is 14.8. The first kappa shape index (κ1) is 22.3. The average Bonchev–Trinajstić information content (AvgIpc) is 3.23. The van der Waals surface area contributed by atoms with Crippen LogP contribution in [-0.2, 0) is 4.79 Å². The largest absolute Gasteiger partial charge is 0.494 e. The van der Waals surface area contributed by atoms with E-state index < -0.39 is 11.0 Å². The Morgan fingerprint density at radius 1 is 1.29 bits per heavy atom. The van der Waals surface area contributed by atoms with Crippen LogP contribution in [0.4, 0.5) is 5.69 Å². The van der Waals surface area contributed by atoms with Gasteiger partial charge < -0.3 is 15.0 Å². The summed E-state index contributed by atoms with van der Waals surface area (Å²) in [7, 11) is 0. The Morgan fingerprint density at radius 2 is 2.06 bits per heavy atom. The predicted octanol–water partition coefficient (Wildman–Crippen LogP) is 3.78. The van der Waals surface area contributed by atoms with Crippen LogP contribution in [0, 0.1) is 17.0 Å². The summed E-state index contributed by atoms with van der Waals surface area (Å²) in [5.41, 5.74) is 1.65. The number of benzene rings is 2. The Balaban J connectivity index is 1.71. The van der Waals surface area contributed by atoms with Crippen molar-refractivity contribution in [1.82, 2.24) is 10.2 Å². The van der Waals surface area contributed by atoms with Crippen molar-refractivity contribution in [3.8, 4) is 5.75 Å². The number of nitrogens with zero attached hydrogens (tertiary/aromatic N) is 2. The zero-order valence-corrected chi connectivity index (χ0v) is 18.0. The van der Waals surface area contributed by atoms with Crippen molar-refractivity contribution in [2.45, 2.75) is 45.7 Å². The van der Waals surface area contributed by atoms with Crippen LogP contribution in [0.5, 0.6) is 5.75 Å². The molecule has 3 rings (SSSR count). The number of nitro benzene ring substituents is 1. The van der Waals surface area contributed by atoms with Gasteiger partial charge >= 0.3 is 0 Å². The molecule has 0 aliphatic carbocycles. The summed E-state index contributed by atoms with van der Waals surface area (Å²) in [6, 6.07) is 11.0. The molecule has 0 radical (unpaired) electrons. The lowest BCUT2D eigenvalue weighted by Crippen LogP contribution is -2.46. The van der Waals surface area contributed by atoms with Gasteiger partial charge in [0.1, 0.15) is 11.8 Å². The van der Waals surface area contributed by atoms with E-state index in [1.807, 2.05) is 38.1 Å². The molecule has 0 spiro atoms. The van der Waals surface area contributed by atoms with Gasteiger partial charge in [-0.3, -0.25) is 19.7 Å². The van der Waals surface area contributed by atoms with Crippen molar-refractivity contribution in [3.63, 3.8) is 0 Å². The Bertz CT molecular complexity index is 991. The quantitative estimate of drug-likeness (QED) is 0.537. The molecule has 2 aromatic carbocycles. The van der Waals surface area contributed by atoms with Gasteiger partial charge in [0.2, 0.25) is 5.91 Å². The maximum Gasteiger partial charge on any atom is 0.272 e. The third-order valence-corrected chi connectivity index (χ3v) is 5.48. The third-order valence-electron chi connectivity index (χ3n) is 5.48. The second-order valence-electron chi connectivity index (χ2n) is 7.65. The molecule has 1 N–H and O–H groups in total. The molecule has 0 aromatic heterocycles. The van der Waals surface area contributed by atoms with Gasteiger partial charge in [-0.05, 0) is 63.4 Å². The normalized spacial score (nSPS) is 16.6. The molecule has 1 fully saturated rings. The number of nitrogens with one attached hydrogen (secondary N) is 1. The summed E-state index contributed by atoms with van der Waals surface area (Å²) in [4.78, 5) is 38.1. The number of nitro groups is 1. The molecule has 8 heteroatoms. The molecule has 2 unspecified atom stereocenters. The van der Waals surface area contributed by atoms with Crippen molar-refractivity contribution in [1.29, 1.82) is 0 Å². The van der Waals surface area contributed by atoms with E-state index in [0.29, 0.717) is 30.7 Å².